The fourth-order valence-corrected chi connectivity index (χ4v) is 4.70. The smallest absolute Gasteiger partial charge is 0.118 e. The fraction of sp³-hybridized carbons (Fsp3) is 0.0714. The number of rotatable bonds is 6. The fourth-order valence-electron chi connectivity index (χ4n) is 3.91. The highest BCUT2D eigenvalue weighted by Crippen LogP contribution is 2.35. The molecule has 0 aliphatic rings. The van der Waals surface area contributed by atoms with Gasteiger partial charge >= 0.3 is 0 Å². The number of ether oxygens (including phenoxy) is 1. The van der Waals surface area contributed by atoms with Crippen molar-refractivity contribution in [3.05, 3.63) is 124 Å². The Hall–Kier alpha value is -3.76. The standard InChI is InChI=1S/C28H22N2OS/c1-31-24-12-9-22(10-13-24)27(28-30-17-18-32-28)23-11-14-26-25(19-23)21(15-16-29-26)8-7-20-5-3-2-4-6-20/h2-19,27H,1H3. The van der Waals surface area contributed by atoms with E-state index < -0.39 is 0 Å². The van der Waals surface area contributed by atoms with Crippen molar-refractivity contribution in [3.8, 4) is 5.75 Å². The first-order valence-corrected chi connectivity index (χ1v) is 11.3. The Balaban J connectivity index is 1.60. The van der Waals surface area contributed by atoms with Crippen LogP contribution in [0.5, 0.6) is 5.75 Å². The van der Waals surface area contributed by atoms with Crippen molar-refractivity contribution in [3.63, 3.8) is 0 Å². The number of nitrogens with zero attached hydrogens (tertiary/aromatic N) is 2. The summed E-state index contributed by atoms with van der Waals surface area (Å²) in [5.41, 5.74) is 5.68. The Morgan fingerprint density at radius 3 is 2.38 bits per heavy atom. The van der Waals surface area contributed by atoms with Crippen molar-refractivity contribution in [2.75, 3.05) is 7.11 Å². The molecule has 2 aromatic heterocycles. The average Bonchev–Trinajstić information content (AvgIpc) is 3.38. The van der Waals surface area contributed by atoms with Crippen LogP contribution in [0.2, 0.25) is 0 Å². The second-order valence-electron chi connectivity index (χ2n) is 7.50. The normalized spacial score (nSPS) is 12.3. The molecule has 5 aromatic rings. The number of benzene rings is 3. The zero-order valence-electron chi connectivity index (χ0n) is 17.7. The predicted molar refractivity (Wildman–Crippen MR) is 133 cm³/mol. The van der Waals surface area contributed by atoms with Crippen LogP contribution < -0.4 is 4.74 Å². The zero-order chi connectivity index (χ0) is 21.8. The molecular weight excluding hydrogens is 412 g/mol. The number of hydrogen-bond donors (Lipinski definition) is 0. The van der Waals surface area contributed by atoms with Gasteiger partial charge in [0.2, 0.25) is 0 Å². The van der Waals surface area contributed by atoms with Crippen molar-refractivity contribution >= 4 is 34.4 Å². The Bertz CT molecular complexity index is 1340. The maximum Gasteiger partial charge on any atom is 0.118 e. The van der Waals surface area contributed by atoms with Gasteiger partial charge in [-0.25, -0.2) is 4.98 Å². The van der Waals surface area contributed by atoms with Crippen molar-refractivity contribution in [1.82, 2.24) is 9.97 Å². The molecule has 0 fully saturated rings. The minimum atomic E-state index is 0.0523. The summed E-state index contributed by atoms with van der Waals surface area (Å²) < 4.78 is 5.35. The summed E-state index contributed by atoms with van der Waals surface area (Å²) in [6, 6.07) is 27.2. The highest BCUT2D eigenvalue weighted by atomic mass is 32.1. The van der Waals surface area contributed by atoms with E-state index in [0.717, 1.165) is 27.2 Å². The molecule has 32 heavy (non-hydrogen) atoms. The number of hydrogen-bond acceptors (Lipinski definition) is 4. The van der Waals surface area contributed by atoms with Crippen molar-refractivity contribution < 1.29 is 4.74 Å². The lowest BCUT2D eigenvalue weighted by molar-refractivity contribution is 0.414. The molecule has 0 spiro atoms. The van der Waals surface area contributed by atoms with E-state index in [0.29, 0.717) is 0 Å². The molecule has 5 rings (SSSR count). The number of methoxy groups -OCH3 is 1. The number of thiazole rings is 1. The lowest BCUT2D eigenvalue weighted by Crippen LogP contribution is -2.03. The molecule has 4 heteroatoms. The Kier molecular flexibility index (Phi) is 5.77. The molecule has 0 radical (unpaired) electrons. The summed E-state index contributed by atoms with van der Waals surface area (Å²) in [6.45, 7) is 0. The second-order valence-corrected chi connectivity index (χ2v) is 8.42. The molecule has 0 N–H and O–H groups in total. The minimum Gasteiger partial charge on any atom is -0.497 e. The summed E-state index contributed by atoms with van der Waals surface area (Å²) in [4.78, 5) is 9.24. The summed E-state index contributed by atoms with van der Waals surface area (Å²) >= 11 is 1.68. The van der Waals surface area contributed by atoms with E-state index in [4.69, 9.17) is 4.74 Å². The van der Waals surface area contributed by atoms with E-state index in [9.17, 15) is 0 Å². The Labute approximate surface area is 191 Å². The van der Waals surface area contributed by atoms with Crippen molar-refractivity contribution in [1.29, 1.82) is 0 Å². The van der Waals surface area contributed by atoms with Crippen LogP contribution in [-0.4, -0.2) is 17.1 Å². The van der Waals surface area contributed by atoms with Gasteiger partial charge < -0.3 is 4.74 Å². The molecule has 1 atom stereocenters. The van der Waals surface area contributed by atoms with Gasteiger partial charge in [-0.1, -0.05) is 60.7 Å². The van der Waals surface area contributed by atoms with Gasteiger partial charge in [-0.3, -0.25) is 4.98 Å². The number of aromatic nitrogens is 2. The summed E-state index contributed by atoms with van der Waals surface area (Å²) in [7, 11) is 1.69. The van der Waals surface area contributed by atoms with E-state index in [1.165, 1.54) is 16.7 Å². The molecule has 1 unspecified atom stereocenters. The van der Waals surface area contributed by atoms with Crippen LogP contribution >= 0.6 is 11.3 Å². The first kappa shape index (κ1) is 20.2. The molecule has 0 aliphatic heterocycles. The van der Waals surface area contributed by atoms with Crippen LogP contribution in [-0.2, 0) is 0 Å². The van der Waals surface area contributed by atoms with E-state index >= 15 is 0 Å². The molecule has 0 saturated carbocycles. The average molecular weight is 435 g/mol. The third-order valence-corrected chi connectivity index (χ3v) is 6.38. The summed E-state index contributed by atoms with van der Waals surface area (Å²) in [6.07, 6.45) is 8.04. The van der Waals surface area contributed by atoms with Gasteiger partial charge in [0.25, 0.3) is 0 Å². The number of pyridine rings is 1. The van der Waals surface area contributed by atoms with Crippen LogP contribution in [0.15, 0.2) is 96.6 Å². The first-order valence-electron chi connectivity index (χ1n) is 10.5. The minimum absolute atomic E-state index is 0.0523. The third-order valence-electron chi connectivity index (χ3n) is 5.54. The summed E-state index contributed by atoms with van der Waals surface area (Å²) in [5, 5.41) is 4.23. The predicted octanol–water partition coefficient (Wildman–Crippen LogP) is 7.05. The third kappa shape index (κ3) is 4.18. The van der Waals surface area contributed by atoms with E-state index in [1.54, 1.807) is 18.4 Å². The maximum absolute atomic E-state index is 5.35. The van der Waals surface area contributed by atoms with Gasteiger partial charge in [0, 0.05) is 23.2 Å². The SMILES string of the molecule is COc1ccc(C(c2ccc3nccc(C=Cc4ccccc4)c3c2)c2nccs2)cc1. The van der Waals surface area contributed by atoms with Gasteiger partial charge in [0.15, 0.2) is 0 Å². The molecule has 0 saturated heterocycles. The molecule has 3 nitrogen and oxygen atoms in total. The Morgan fingerprint density at radius 2 is 1.62 bits per heavy atom. The van der Waals surface area contributed by atoms with Crippen LogP contribution in [0.4, 0.5) is 0 Å². The Morgan fingerprint density at radius 1 is 0.812 bits per heavy atom. The van der Waals surface area contributed by atoms with Gasteiger partial charge in [0.05, 0.1) is 18.5 Å². The lowest BCUT2D eigenvalue weighted by Gasteiger charge is -2.17. The maximum atomic E-state index is 5.35. The van der Waals surface area contributed by atoms with Crippen LogP contribution in [0.25, 0.3) is 23.1 Å². The molecular formula is C28H22N2OS. The molecule has 0 bridgehead atoms. The largest absolute Gasteiger partial charge is 0.497 e. The van der Waals surface area contributed by atoms with E-state index in [2.05, 4.69) is 82.8 Å². The van der Waals surface area contributed by atoms with Gasteiger partial charge in [-0.15, -0.1) is 11.3 Å². The monoisotopic (exact) mass is 434 g/mol. The first-order chi connectivity index (χ1) is 15.8. The number of fused-ring (bicyclic) bond motifs is 1. The molecule has 0 aliphatic carbocycles. The van der Waals surface area contributed by atoms with Crippen LogP contribution in [0, 0.1) is 0 Å². The highest BCUT2D eigenvalue weighted by molar-refractivity contribution is 7.09. The zero-order valence-corrected chi connectivity index (χ0v) is 18.5. The second kappa shape index (κ2) is 9.16. The van der Waals surface area contributed by atoms with E-state index in [1.807, 2.05) is 36.0 Å². The van der Waals surface area contributed by atoms with Gasteiger partial charge in [0.1, 0.15) is 10.8 Å². The molecule has 0 amide bonds. The lowest BCUT2D eigenvalue weighted by atomic mass is 9.90. The van der Waals surface area contributed by atoms with Gasteiger partial charge in [-0.05, 0) is 52.6 Å². The van der Waals surface area contributed by atoms with Gasteiger partial charge in [-0.2, -0.15) is 0 Å². The summed E-state index contributed by atoms with van der Waals surface area (Å²) in [5.74, 6) is 0.902. The van der Waals surface area contributed by atoms with E-state index in [-0.39, 0.29) is 5.92 Å². The molecule has 2 heterocycles. The van der Waals surface area contributed by atoms with Crippen molar-refractivity contribution in [2.45, 2.75) is 5.92 Å². The van der Waals surface area contributed by atoms with Crippen molar-refractivity contribution in [2.24, 2.45) is 0 Å². The van der Waals surface area contributed by atoms with Crippen LogP contribution in [0.1, 0.15) is 33.2 Å². The highest BCUT2D eigenvalue weighted by Gasteiger charge is 2.20. The van der Waals surface area contributed by atoms with Crippen LogP contribution in [0.3, 0.4) is 0 Å². The molecule has 3 aromatic carbocycles. The quantitative estimate of drug-likeness (QED) is 0.287. The topological polar surface area (TPSA) is 35.0 Å². The molecule has 156 valence electrons.